The molecular formula is C55H57BN4. The molecule has 0 unspecified atom stereocenters. The Morgan fingerprint density at radius 1 is 0.450 bits per heavy atom. The molecule has 0 bridgehead atoms. The van der Waals surface area contributed by atoms with E-state index in [2.05, 4.69) is 189 Å². The molecule has 0 saturated heterocycles. The number of rotatable bonds is 4. The molecule has 300 valence electrons. The van der Waals surface area contributed by atoms with Crippen molar-refractivity contribution in [3.05, 3.63) is 161 Å². The number of hydrogen-bond donors (Lipinski definition) is 0. The van der Waals surface area contributed by atoms with Crippen LogP contribution in [-0.2, 0) is 36.5 Å². The molecule has 0 fully saturated rings. The van der Waals surface area contributed by atoms with Crippen LogP contribution in [0.15, 0.2) is 121 Å². The summed E-state index contributed by atoms with van der Waals surface area (Å²) in [7, 11) is 0. The van der Waals surface area contributed by atoms with Crippen molar-refractivity contribution >= 4 is 57.5 Å². The molecule has 0 spiro atoms. The Morgan fingerprint density at radius 2 is 0.917 bits per heavy atom. The second-order valence-electron chi connectivity index (χ2n) is 20.0. The second-order valence-corrected chi connectivity index (χ2v) is 20.0. The van der Waals surface area contributed by atoms with Crippen molar-refractivity contribution in [1.29, 1.82) is 0 Å². The van der Waals surface area contributed by atoms with E-state index in [-0.39, 0.29) is 17.5 Å². The van der Waals surface area contributed by atoms with Gasteiger partial charge in [0.05, 0.1) is 11.4 Å². The van der Waals surface area contributed by atoms with Gasteiger partial charge in [-0.3, -0.25) is 0 Å². The van der Waals surface area contributed by atoms with E-state index in [9.17, 15) is 0 Å². The highest BCUT2D eigenvalue weighted by Gasteiger charge is 2.51. The van der Waals surface area contributed by atoms with Crippen LogP contribution < -0.4 is 26.4 Å². The molecule has 11 rings (SSSR count). The summed E-state index contributed by atoms with van der Waals surface area (Å²) in [5.41, 5.74) is 24.8. The maximum absolute atomic E-state index is 2.74. The first-order valence-corrected chi connectivity index (χ1v) is 22.6. The van der Waals surface area contributed by atoms with Crippen LogP contribution in [0.4, 0.5) is 34.1 Å². The van der Waals surface area contributed by atoms with Gasteiger partial charge in [0.2, 0.25) is 0 Å². The lowest BCUT2D eigenvalue weighted by Crippen LogP contribution is -2.64. The van der Waals surface area contributed by atoms with Gasteiger partial charge in [0, 0.05) is 56.7 Å². The van der Waals surface area contributed by atoms with Crippen molar-refractivity contribution in [2.24, 2.45) is 0 Å². The number of benzene rings is 5. The minimum absolute atomic E-state index is 0.00404. The minimum atomic E-state index is 0.00404. The first-order valence-electron chi connectivity index (χ1n) is 22.6. The molecule has 0 amide bonds. The molecule has 0 saturated carbocycles. The van der Waals surface area contributed by atoms with Gasteiger partial charge in [0.15, 0.2) is 0 Å². The number of aryl methyl sites for hydroxylation is 1. The lowest BCUT2D eigenvalue weighted by Gasteiger charge is -2.44. The number of anilines is 6. The monoisotopic (exact) mass is 784 g/mol. The van der Waals surface area contributed by atoms with E-state index >= 15 is 0 Å². The smallest absolute Gasteiger partial charge is 0.294 e. The third-order valence-corrected chi connectivity index (χ3v) is 14.0. The maximum atomic E-state index is 2.74. The second kappa shape index (κ2) is 13.7. The van der Waals surface area contributed by atoms with Crippen molar-refractivity contribution in [3.8, 4) is 11.4 Å². The highest BCUT2D eigenvalue weighted by atomic mass is 15.2. The highest BCUT2D eigenvalue weighted by Crippen LogP contribution is 2.51. The molecule has 0 N–H and O–H groups in total. The van der Waals surface area contributed by atoms with E-state index in [1.54, 1.807) is 0 Å². The quantitative estimate of drug-likeness (QED) is 0.165. The van der Waals surface area contributed by atoms with Crippen molar-refractivity contribution < 1.29 is 0 Å². The van der Waals surface area contributed by atoms with Crippen molar-refractivity contribution in [1.82, 2.24) is 9.13 Å². The summed E-state index contributed by atoms with van der Waals surface area (Å²) in [4.78, 5) is 5.40. The van der Waals surface area contributed by atoms with Gasteiger partial charge in [-0.2, -0.15) is 0 Å². The Bertz CT molecular complexity index is 2790. The Hall–Kier alpha value is -5.68. The van der Waals surface area contributed by atoms with Crippen molar-refractivity contribution in [2.45, 2.75) is 111 Å². The lowest BCUT2D eigenvalue weighted by molar-refractivity contribution is 0.590. The zero-order chi connectivity index (χ0) is 41.1. The Labute approximate surface area is 357 Å². The molecule has 2 aliphatic heterocycles. The van der Waals surface area contributed by atoms with E-state index in [0.29, 0.717) is 0 Å². The summed E-state index contributed by atoms with van der Waals surface area (Å²) in [6.07, 6.45) is 9.18. The van der Waals surface area contributed by atoms with Crippen LogP contribution in [0.3, 0.4) is 0 Å². The first kappa shape index (κ1) is 37.3. The van der Waals surface area contributed by atoms with Gasteiger partial charge in [0.1, 0.15) is 0 Å². The Balaban J connectivity index is 1.32. The molecule has 0 atom stereocenters. The molecule has 7 aromatic rings. The first-order chi connectivity index (χ1) is 29.0. The van der Waals surface area contributed by atoms with Gasteiger partial charge in [-0.15, -0.1) is 0 Å². The molecule has 4 heterocycles. The molecule has 5 heteroatoms. The predicted molar refractivity (Wildman–Crippen MR) is 255 cm³/mol. The van der Waals surface area contributed by atoms with Crippen LogP contribution >= 0.6 is 0 Å². The summed E-state index contributed by atoms with van der Waals surface area (Å²) in [5.74, 6) is 0. The van der Waals surface area contributed by atoms with Crippen LogP contribution in [0.2, 0.25) is 0 Å². The zero-order valence-electron chi connectivity index (χ0n) is 36.6. The Morgan fingerprint density at radius 3 is 1.42 bits per heavy atom. The Kier molecular flexibility index (Phi) is 8.51. The molecule has 4 nitrogen and oxygen atoms in total. The molecule has 4 aliphatic rings. The normalized spacial score (nSPS) is 15.6. The number of fused-ring (bicyclic) bond motifs is 8. The third kappa shape index (κ3) is 5.64. The number of hydrogen-bond acceptors (Lipinski definition) is 2. The summed E-state index contributed by atoms with van der Waals surface area (Å²) in [6, 6.07) is 46.7. The molecule has 0 radical (unpaired) electrons. The number of para-hydroxylation sites is 2. The summed E-state index contributed by atoms with van der Waals surface area (Å²) in [6.45, 7) is 16.3. The predicted octanol–water partition coefficient (Wildman–Crippen LogP) is 12.0. The molecule has 60 heavy (non-hydrogen) atoms. The average molecular weight is 785 g/mol. The average Bonchev–Trinajstić information content (AvgIpc) is 3.77. The number of aromatic nitrogens is 2. The molecule has 2 aromatic heterocycles. The van der Waals surface area contributed by atoms with Crippen molar-refractivity contribution in [2.75, 3.05) is 9.80 Å². The van der Waals surface area contributed by atoms with Gasteiger partial charge in [-0.25, -0.2) is 0 Å². The fourth-order valence-corrected chi connectivity index (χ4v) is 11.2. The van der Waals surface area contributed by atoms with Crippen LogP contribution in [0.5, 0.6) is 0 Å². The number of nitrogens with zero attached hydrogens (tertiary/aromatic N) is 4. The van der Waals surface area contributed by atoms with Crippen LogP contribution in [0, 0.1) is 6.92 Å². The maximum Gasteiger partial charge on any atom is 0.294 e. The SMILES string of the molecule is Cc1cc2c3c(c1)N(c1cccc(C(C)(C)C)c1)c1c4c(n(-c5ccccc5)c1B3c1c(c3c(n1-c1ccccc1)CCCC3)N2c1ccc(C(C)(C)C)cc1)CCCC4. The van der Waals surface area contributed by atoms with Crippen LogP contribution in [-0.4, -0.2) is 15.8 Å². The highest BCUT2D eigenvalue weighted by molar-refractivity contribution is 7.00. The molecule has 5 aromatic carbocycles. The third-order valence-electron chi connectivity index (χ3n) is 14.0. The minimum Gasteiger partial charge on any atom is -0.323 e. The zero-order valence-corrected chi connectivity index (χ0v) is 36.6. The van der Waals surface area contributed by atoms with Gasteiger partial charge >= 0.3 is 0 Å². The van der Waals surface area contributed by atoms with Gasteiger partial charge in [-0.05, 0) is 163 Å². The van der Waals surface area contributed by atoms with Crippen molar-refractivity contribution in [3.63, 3.8) is 0 Å². The molecular weight excluding hydrogens is 727 g/mol. The lowest BCUT2D eigenvalue weighted by atomic mass is 9.36. The standard InChI is InChI=1S/C55H57BN4/c1-36-33-47-49-48(34-36)58(42-24-18-19-38(35-42)55(5,6)7)51-44-26-15-17-28-46(44)60(40-22-12-9-13-23-40)53(51)56(49)52-50(57(47)41-31-29-37(30-32-41)54(2,3)4)43-25-14-16-27-45(43)59(52)39-20-10-8-11-21-39/h8-13,18-24,29-35H,14-17,25-28H2,1-7H3. The van der Waals surface area contributed by atoms with E-state index in [4.69, 9.17) is 0 Å². The summed E-state index contributed by atoms with van der Waals surface area (Å²) >= 11 is 0. The topological polar surface area (TPSA) is 16.3 Å². The summed E-state index contributed by atoms with van der Waals surface area (Å²) in [5, 5.41) is 0. The van der Waals surface area contributed by atoms with E-state index in [0.717, 1.165) is 25.7 Å². The van der Waals surface area contributed by atoms with Gasteiger partial charge in [-0.1, -0.05) is 102 Å². The van der Waals surface area contributed by atoms with Gasteiger partial charge < -0.3 is 18.9 Å². The largest absolute Gasteiger partial charge is 0.323 e. The van der Waals surface area contributed by atoms with Crippen LogP contribution in [0.1, 0.15) is 106 Å². The molecule has 2 aliphatic carbocycles. The van der Waals surface area contributed by atoms with E-state index in [1.807, 2.05) is 0 Å². The van der Waals surface area contributed by atoms with E-state index < -0.39 is 0 Å². The van der Waals surface area contributed by atoms with E-state index in [1.165, 1.54) is 127 Å². The fraction of sp³-hybridized carbons (Fsp3) is 0.309. The van der Waals surface area contributed by atoms with Crippen LogP contribution in [0.25, 0.3) is 11.4 Å². The van der Waals surface area contributed by atoms with Gasteiger partial charge in [0.25, 0.3) is 6.71 Å². The summed E-state index contributed by atoms with van der Waals surface area (Å²) < 4.78 is 5.47. The fourth-order valence-electron chi connectivity index (χ4n) is 11.2.